The topological polar surface area (TPSA) is 66.4 Å². The van der Waals surface area contributed by atoms with Crippen molar-refractivity contribution in [1.29, 1.82) is 0 Å². The number of carbonyl (C=O) groups excluding carboxylic acids is 1. The molecule has 4 nitrogen and oxygen atoms in total. The Bertz CT molecular complexity index is 1030. The lowest BCUT2D eigenvalue weighted by Gasteiger charge is -2.35. The van der Waals surface area contributed by atoms with Crippen LogP contribution in [0.4, 0.5) is 36.4 Å². The Kier molecular flexibility index (Phi) is 6.71. The highest BCUT2D eigenvalue weighted by molar-refractivity contribution is 5.95. The molecule has 33 heavy (non-hydrogen) atoms. The summed E-state index contributed by atoms with van der Waals surface area (Å²) in [5.41, 5.74) is -2.37. The van der Waals surface area contributed by atoms with Crippen LogP contribution >= 0.6 is 0 Å². The van der Waals surface area contributed by atoms with Gasteiger partial charge in [-0.3, -0.25) is 9.59 Å². The van der Waals surface area contributed by atoms with Crippen LogP contribution < -0.4 is 5.32 Å². The molecule has 0 heterocycles. The lowest BCUT2D eigenvalue weighted by Crippen LogP contribution is -2.40. The summed E-state index contributed by atoms with van der Waals surface area (Å²) in [6.45, 7) is 0. The molecule has 178 valence electrons. The Morgan fingerprint density at radius 3 is 1.97 bits per heavy atom. The first-order valence-electron chi connectivity index (χ1n) is 9.86. The second-order valence-electron chi connectivity index (χ2n) is 7.81. The molecule has 3 atom stereocenters. The number of anilines is 1. The van der Waals surface area contributed by atoms with E-state index in [0.29, 0.717) is 24.5 Å². The number of aliphatic carboxylic acids is 1. The fraction of sp³-hybridized carbons (Fsp3) is 0.364. The molecule has 0 radical (unpaired) electrons. The zero-order valence-corrected chi connectivity index (χ0v) is 16.8. The molecule has 2 aromatic carbocycles. The van der Waals surface area contributed by atoms with Crippen molar-refractivity contribution in [1.82, 2.24) is 0 Å². The van der Waals surface area contributed by atoms with Gasteiger partial charge in [-0.25, -0.2) is 4.39 Å². The van der Waals surface area contributed by atoms with Gasteiger partial charge in [-0.1, -0.05) is 18.6 Å². The molecule has 3 rings (SSSR count). The van der Waals surface area contributed by atoms with E-state index < -0.39 is 64.6 Å². The fourth-order valence-electron chi connectivity index (χ4n) is 4.15. The molecule has 2 aromatic rings. The van der Waals surface area contributed by atoms with Gasteiger partial charge in [0.05, 0.1) is 28.7 Å². The van der Waals surface area contributed by atoms with Gasteiger partial charge in [0, 0.05) is 0 Å². The monoisotopic (exact) mass is 477 g/mol. The molecule has 1 fully saturated rings. The molecule has 0 unspecified atom stereocenters. The third kappa shape index (κ3) is 5.45. The van der Waals surface area contributed by atoms with Crippen molar-refractivity contribution in [2.45, 2.75) is 37.5 Å². The SMILES string of the molecule is O=C(O)[C@@H]1[C@@H](c2ccc(C(F)(F)F)cc2)CCC[C@H]1C(=O)Nc1ccc(C(F)(F)F)cc1F. The second-order valence-corrected chi connectivity index (χ2v) is 7.81. The Balaban J connectivity index is 1.84. The average Bonchev–Trinajstić information content (AvgIpc) is 2.73. The Morgan fingerprint density at radius 1 is 0.879 bits per heavy atom. The molecule has 1 aliphatic rings. The van der Waals surface area contributed by atoms with Crippen LogP contribution in [0.5, 0.6) is 0 Å². The number of carboxylic acids is 1. The molecule has 1 saturated carbocycles. The molecule has 0 aromatic heterocycles. The van der Waals surface area contributed by atoms with Crippen molar-refractivity contribution in [3.8, 4) is 0 Å². The minimum Gasteiger partial charge on any atom is -0.481 e. The first-order valence-corrected chi connectivity index (χ1v) is 9.86. The zero-order chi connectivity index (χ0) is 24.6. The summed E-state index contributed by atoms with van der Waals surface area (Å²) < 4.78 is 90.7. The highest BCUT2D eigenvalue weighted by Crippen LogP contribution is 2.43. The lowest BCUT2D eigenvalue weighted by molar-refractivity contribution is -0.149. The number of halogens is 7. The van der Waals surface area contributed by atoms with Crippen molar-refractivity contribution >= 4 is 17.6 Å². The van der Waals surface area contributed by atoms with Crippen molar-refractivity contribution in [2.75, 3.05) is 5.32 Å². The molecule has 1 aliphatic carbocycles. The first-order chi connectivity index (χ1) is 15.3. The molecular weight excluding hydrogens is 459 g/mol. The molecule has 0 bridgehead atoms. The van der Waals surface area contributed by atoms with Crippen molar-refractivity contribution in [3.05, 3.63) is 65.0 Å². The first kappa shape index (κ1) is 24.5. The molecule has 1 amide bonds. The number of carboxylic acid groups (broad SMARTS) is 1. The number of hydrogen-bond acceptors (Lipinski definition) is 2. The predicted octanol–water partition coefficient (Wildman–Crippen LogP) is 6.09. The van der Waals surface area contributed by atoms with E-state index in [2.05, 4.69) is 5.32 Å². The molecule has 0 aliphatic heterocycles. The number of nitrogens with one attached hydrogen (secondary N) is 1. The van der Waals surface area contributed by atoms with Gasteiger partial charge in [0.2, 0.25) is 5.91 Å². The number of carbonyl (C=O) groups is 2. The molecular formula is C22H18F7NO3. The standard InChI is InChI=1S/C22H18F7NO3/c23-16-10-13(22(27,28)29)8-9-17(16)30-19(31)15-3-1-2-14(18(15)20(32)33)11-4-6-12(7-5-11)21(24,25)26/h4-10,14-15,18H,1-3H2,(H,30,31)(H,32,33)/t14-,15-,18-/m1/s1. The van der Waals surface area contributed by atoms with Crippen molar-refractivity contribution < 1.29 is 45.4 Å². The maximum atomic E-state index is 14.1. The van der Waals surface area contributed by atoms with Crippen LogP contribution in [0.3, 0.4) is 0 Å². The quantitative estimate of drug-likeness (QED) is 0.524. The maximum absolute atomic E-state index is 14.1. The van der Waals surface area contributed by atoms with Crippen LogP contribution in [-0.4, -0.2) is 17.0 Å². The summed E-state index contributed by atoms with van der Waals surface area (Å²) in [6, 6.07) is 5.53. The molecule has 0 saturated heterocycles. The molecule has 2 N–H and O–H groups in total. The van der Waals surface area contributed by atoms with Gasteiger partial charge in [-0.05, 0) is 54.7 Å². The molecule has 0 spiro atoms. The second kappa shape index (κ2) is 9.03. The van der Waals surface area contributed by atoms with Crippen LogP contribution in [-0.2, 0) is 21.9 Å². The van der Waals surface area contributed by atoms with Gasteiger partial charge in [-0.15, -0.1) is 0 Å². The van der Waals surface area contributed by atoms with E-state index >= 15 is 0 Å². The Hall–Kier alpha value is -3.11. The van der Waals surface area contributed by atoms with Crippen molar-refractivity contribution in [3.63, 3.8) is 0 Å². The van der Waals surface area contributed by atoms with E-state index in [0.717, 1.165) is 18.2 Å². The zero-order valence-electron chi connectivity index (χ0n) is 16.8. The highest BCUT2D eigenvalue weighted by atomic mass is 19.4. The summed E-state index contributed by atoms with van der Waals surface area (Å²) in [4.78, 5) is 24.8. The van der Waals surface area contributed by atoms with E-state index in [1.165, 1.54) is 12.1 Å². The third-order valence-corrected chi connectivity index (χ3v) is 5.74. The molecule has 11 heteroatoms. The number of hydrogen-bond donors (Lipinski definition) is 2. The van der Waals surface area contributed by atoms with Crippen LogP contribution in [0.2, 0.25) is 0 Å². The van der Waals surface area contributed by atoms with Crippen molar-refractivity contribution in [2.24, 2.45) is 11.8 Å². The maximum Gasteiger partial charge on any atom is 0.416 e. The summed E-state index contributed by atoms with van der Waals surface area (Å²) in [5, 5.41) is 11.9. The summed E-state index contributed by atoms with van der Waals surface area (Å²) in [5.74, 6) is -6.82. The van der Waals surface area contributed by atoms with Gasteiger partial charge in [0.25, 0.3) is 0 Å². The van der Waals surface area contributed by atoms with E-state index in [4.69, 9.17) is 0 Å². The number of alkyl halides is 6. The van der Waals surface area contributed by atoms with Crippen LogP contribution in [0.15, 0.2) is 42.5 Å². The minimum atomic E-state index is -4.78. The number of amides is 1. The Labute approximate surface area is 183 Å². The average molecular weight is 477 g/mol. The van der Waals surface area contributed by atoms with E-state index in [1.54, 1.807) is 0 Å². The smallest absolute Gasteiger partial charge is 0.416 e. The van der Waals surface area contributed by atoms with Gasteiger partial charge < -0.3 is 10.4 Å². The fourth-order valence-corrected chi connectivity index (χ4v) is 4.15. The van der Waals surface area contributed by atoms with Crippen LogP contribution in [0, 0.1) is 17.7 Å². The number of benzene rings is 2. The van der Waals surface area contributed by atoms with E-state index in [1.807, 2.05) is 0 Å². The highest BCUT2D eigenvalue weighted by Gasteiger charge is 2.43. The van der Waals surface area contributed by atoms with Crippen LogP contribution in [0.1, 0.15) is 41.9 Å². The van der Waals surface area contributed by atoms with E-state index in [9.17, 15) is 45.4 Å². The predicted molar refractivity (Wildman–Crippen MR) is 103 cm³/mol. The Morgan fingerprint density at radius 2 is 1.45 bits per heavy atom. The van der Waals surface area contributed by atoms with Gasteiger partial charge in [-0.2, -0.15) is 26.3 Å². The minimum absolute atomic E-state index is 0.113. The largest absolute Gasteiger partial charge is 0.481 e. The summed E-state index contributed by atoms with van der Waals surface area (Å²) in [6.07, 6.45) is -8.55. The summed E-state index contributed by atoms with van der Waals surface area (Å²) >= 11 is 0. The third-order valence-electron chi connectivity index (χ3n) is 5.74. The summed E-state index contributed by atoms with van der Waals surface area (Å²) in [7, 11) is 0. The normalized spacial score (nSPS) is 21.5. The van der Waals surface area contributed by atoms with E-state index in [-0.39, 0.29) is 12.5 Å². The van der Waals surface area contributed by atoms with Crippen LogP contribution in [0.25, 0.3) is 0 Å². The lowest BCUT2D eigenvalue weighted by atomic mass is 9.69. The van der Waals surface area contributed by atoms with Gasteiger partial charge in [0.15, 0.2) is 0 Å². The van der Waals surface area contributed by atoms with Gasteiger partial charge >= 0.3 is 18.3 Å². The number of rotatable bonds is 4. The van der Waals surface area contributed by atoms with Gasteiger partial charge in [0.1, 0.15) is 5.82 Å².